The Morgan fingerprint density at radius 3 is 2.77 bits per heavy atom. The number of hydrogen-bond donors (Lipinski definition) is 1. The molecule has 4 rings (SSSR count). The zero-order valence-electron chi connectivity index (χ0n) is 14.6. The lowest BCUT2D eigenvalue weighted by Gasteiger charge is -2.29. The van der Waals surface area contributed by atoms with E-state index < -0.39 is 0 Å². The zero-order chi connectivity index (χ0) is 17.3. The van der Waals surface area contributed by atoms with Crippen molar-refractivity contribution in [1.29, 1.82) is 0 Å². The number of halogens is 2. The van der Waals surface area contributed by atoms with E-state index in [2.05, 4.69) is 27.0 Å². The van der Waals surface area contributed by atoms with Crippen LogP contribution >= 0.6 is 35.3 Å². The Morgan fingerprint density at radius 1 is 1.27 bits per heavy atom. The molecule has 1 saturated heterocycles. The van der Waals surface area contributed by atoms with E-state index >= 15 is 0 Å². The summed E-state index contributed by atoms with van der Waals surface area (Å²) in [5.41, 5.74) is 2.58. The van der Waals surface area contributed by atoms with Crippen molar-refractivity contribution in [3.63, 3.8) is 0 Å². The van der Waals surface area contributed by atoms with Crippen molar-refractivity contribution in [2.24, 2.45) is 5.41 Å². The quantitative estimate of drug-likeness (QED) is 0.784. The van der Waals surface area contributed by atoms with Crippen molar-refractivity contribution >= 4 is 41.3 Å². The molecular weight excluding hydrogens is 387 g/mol. The molecule has 1 aliphatic carbocycles. The number of rotatable bonds is 5. The summed E-state index contributed by atoms with van der Waals surface area (Å²) in [4.78, 5) is 15.3. The van der Waals surface area contributed by atoms with Crippen molar-refractivity contribution < 1.29 is 4.79 Å². The van der Waals surface area contributed by atoms with E-state index in [0.717, 1.165) is 31.6 Å². The van der Waals surface area contributed by atoms with Gasteiger partial charge in [-0.1, -0.05) is 23.7 Å². The number of hydrogen-bond acceptors (Lipinski definition) is 3. The van der Waals surface area contributed by atoms with Gasteiger partial charge in [0.15, 0.2) is 0 Å². The molecule has 1 atom stereocenters. The van der Waals surface area contributed by atoms with Gasteiger partial charge >= 0.3 is 0 Å². The average molecular weight is 411 g/mol. The third-order valence-corrected chi connectivity index (χ3v) is 6.59. The van der Waals surface area contributed by atoms with Crippen LogP contribution in [-0.4, -0.2) is 29.9 Å². The minimum Gasteiger partial charge on any atom is -0.334 e. The van der Waals surface area contributed by atoms with Gasteiger partial charge in [0.1, 0.15) is 0 Å². The fourth-order valence-electron chi connectivity index (χ4n) is 4.10. The molecule has 2 fully saturated rings. The normalized spacial score (nSPS) is 20.4. The van der Waals surface area contributed by atoms with Gasteiger partial charge in [-0.3, -0.25) is 4.79 Å². The van der Waals surface area contributed by atoms with Crippen molar-refractivity contribution in [2.45, 2.75) is 38.3 Å². The van der Waals surface area contributed by atoms with Crippen LogP contribution in [0.1, 0.15) is 30.4 Å². The molecule has 1 aromatic carbocycles. The molecule has 0 radical (unpaired) electrons. The van der Waals surface area contributed by atoms with Crippen molar-refractivity contribution in [1.82, 2.24) is 10.2 Å². The van der Waals surface area contributed by atoms with Gasteiger partial charge in [0.2, 0.25) is 5.91 Å². The fraction of sp³-hybridized carbons (Fsp3) is 0.450. The summed E-state index contributed by atoms with van der Waals surface area (Å²) in [6.07, 6.45) is 3.94. The van der Waals surface area contributed by atoms with Gasteiger partial charge in [-0.15, -0.1) is 12.4 Å². The Morgan fingerprint density at radius 2 is 2.08 bits per heavy atom. The molecule has 1 aliphatic heterocycles. The smallest absolute Gasteiger partial charge is 0.227 e. The summed E-state index contributed by atoms with van der Waals surface area (Å²) < 4.78 is 0. The van der Waals surface area contributed by atoms with Gasteiger partial charge in [-0.2, -0.15) is 11.3 Å². The summed E-state index contributed by atoms with van der Waals surface area (Å²) in [5, 5.41) is 8.37. The number of amides is 1. The Hall–Kier alpha value is -1.07. The van der Waals surface area contributed by atoms with Gasteiger partial charge in [0.05, 0.1) is 6.42 Å². The molecule has 1 aromatic heterocycles. The second-order valence-corrected chi connectivity index (χ2v) is 8.51. The average Bonchev–Trinajstić information content (AvgIpc) is 3.04. The molecule has 2 aliphatic rings. The molecule has 26 heavy (non-hydrogen) atoms. The third kappa shape index (κ3) is 4.25. The van der Waals surface area contributed by atoms with E-state index in [1.165, 1.54) is 18.4 Å². The van der Waals surface area contributed by atoms with Crippen LogP contribution in [0.2, 0.25) is 5.02 Å². The lowest BCUT2D eigenvalue weighted by molar-refractivity contribution is -0.132. The Balaban J connectivity index is 0.00000196. The summed E-state index contributed by atoms with van der Waals surface area (Å²) >= 11 is 7.78. The highest BCUT2D eigenvalue weighted by Gasteiger charge is 2.57. The van der Waals surface area contributed by atoms with Gasteiger partial charge in [-0.05, 0) is 77.9 Å². The highest BCUT2D eigenvalue weighted by atomic mass is 35.5. The van der Waals surface area contributed by atoms with Crippen LogP contribution < -0.4 is 5.32 Å². The number of carbonyl (C=O) groups is 1. The number of thiophene rings is 1. The van der Waals surface area contributed by atoms with E-state index in [1.807, 2.05) is 24.3 Å². The van der Waals surface area contributed by atoms with Crippen molar-refractivity contribution in [3.05, 3.63) is 57.2 Å². The summed E-state index contributed by atoms with van der Waals surface area (Å²) in [6.45, 7) is 2.87. The molecule has 1 spiro atoms. The molecule has 6 heteroatoms. The van der Waals surface area contributed by atoms with Gasteiger partial charge < -0.3 is 10.2 Å². The minimum atomic E-state index is 0. The molecule has 1 N–H and O–H groups in total. The van der Waals surface area contributed by atoms with Gasteiger partial charge in [0.25, 0.3) is 0 Å². The Labute approximate surface area is 170 Å². The summed E-state index contributed by atoms with van der Waals surface area (Å²) in [6, 6.07) is 10.2. The first-order valence-corrected chi connectivity index (χ1v) is 10.2. The SMILES string of the molecule is Cl.O=C(Cc1cccc(Cl)c1)N(Cc1ccsc1)C1CC12CCNCC2. The summed E-state index contributed by atoms with van der Waals surface area (Å²) in [5.74, 6) is 0.217. The topological polar surface area (TPSA) is 32.3 Å². The van der Waals surface area contributed by atoms with Crippen LogP contribution in [0.4, 0.5) is 0 Å². The maximum absolute atomic E-state index is 13.1. The lowest BCUT2D eigenvalue weighted by atomic mass is 9.93. The first-order valence-electron chi connectivity index (χ1n) is 8.92. The van der Waals surface area contributed by atoms with E-state index in [9.17, 15) is 4.79 Å². The van der Waals surface area contributed by atoms with Crippen LogP contribution in [-0.2, 0) is 17.8 Å². The maximum Gasteiger partial charge on any atom is 0.227 e. The first-order chi connectivity index (χ1) is 12.2. The van der Waals surface area contributed by atoms with Crippen LogP contribution in [0.25, 0.3) is 0 Å². The van der Waals surface area contributed by atoms with Crippen LogP contribution in [0.3, 0.4) is 0 Å². The first kappa shape index (κ1) is 19.7. The van der Waals surface area contributed by atoms with Crippen LogP contribution in [0, 0.1) is 5.41 Å². The number of carbonyl (C=O) groups excluding carboxylic acids is 1. The van der Waals surface area contributed by atoms with Gasteiger partial charge in [-0.25, -0.2) is 0 Å². The van der Waals surface area contributed by atoms with Crippen LogP contribution in [0.15, 0.2) is 41.1 Å². The Kier molecular flexibility index (Phi) is 6.29. The minimum absolute atomic E-state index is 0. The van der Waals surface area contributed by atoms with Gasteiger partial charge in [0, 0.05) is 17.6 Å². The predicted octanol–water partition coefficient (Wildman–Crippen LogP) is 4.54. The molecule has 140 valence electrons. The molecule has 1 unspecified atom stereocenters. The lowest BCUT2D eigenvalue weighted by Crippen LogP contribution is -2.39. The molecule has 3 nitrogen and oxygen atoms in total. The number of nitrogens with one attached hydrogen (secondary N) is 1. The summed E-state index contributed by atoms with van der Waals surface area (Å²) in [7, 11) is 0. The maximum atomic E-state index is 13.1. The number of piperidine rings is 1. The highest BCUT2D eigenvalue weighted by molar-refractivity contribution is 7.07. The second-order valence-electron chi connectivity index (χ2n) is 7.29. The van der Waals surface area contributed by atoms with E-state index in [1.54, 1.807) is 11.3 Å². The molecule has 1 saturated carbocycles. The fourth-order valence-corrected chi connectivity index (χ4v) is 4.98. The highest BCUT2D eigenvalue weighted by Crippen LogP contribution is 2.56. The standard InChI is InChI=1S/C20H23ClN2OS.ClH/c21-17-3-1-2-15(10-17)11-19(24)23(13-16-4-9-25-14-16)18-12-20(18)5-7-22-8-6-20;/h1-4,9-10,14,18,22H,5-8,11-13H2;1H. The van der Waals surface area contributed by atoms with Crippen LogP contribution in [0.5, 0.6) is 0 Å². The van der Waals surface area contributed by atoms with E-state index in [4.69, 9.17) is 11.6 Å². The van der Waals surface area contributed by atoms with Crippen molar-refractivity contribution in [3.8, 4) is 0 Å². The monoisotopic (exact) mass is 410 g/mol. The predicted molar refractivity (Wildman–Crippen MR) is 110 cm³/mol. The second kappa shape index (κ2) is 8.30. The number of benzene rings is 1. The zero-order valence-corrected chi connectivity index (χ0v) is 17.0. The third-order valence-electron chi connectivity index (χ3n) is 5.62. The Bertz CT molecular complexity index is 744. The molecule has 2 heterocycles. The van der Waals surface area contributed by atoms with Crippen molar-refractivity contribution in [2.75, 3.05) is 13.1 Å². The molecule has 1 amide bonds. The molecular formula is C20H24Cl2N2OS. The largest absolute Gasteiger partial charge is 0.334 e. The molecule has 0 bridgehead atoms. The van der Waals surface area contributed by atoms with E-state index in [-0.39, 0.29) is 18.3 Å². The molecule has 2 aromatic rings. The number of nitrogens with zero attached hydrogens (tertiary/aromatic N) is 1. The van der Waals surface area contributed by atoms with E-state index in [0.29, 0.717) is 22.9 Å².